The molecule has 0 saturated carbocycles. The molecule has 2 aromatic heterocycles. The summed E-state index contributed by atoms with van der Waals surface area (Å²) in [6.07, 6.45) is 0. The average Bonchev–Trinajstić information content (AvgIpc) is 2.99. The maximum atomic E-state index is 12.2. The second kappa shape index (κ2) is 6.05. The van der Waals surface area contributed by atoms with E-state index in [-0.39, 0.29) is 23.9 Å². The maximum Gasteiger partial charge on any atom is 0.339 e. The lowest BCUT2D eigenvalue weighted by molar-refractivity contribution is 0.0694. The number of hydrogen-bond donors (Lipinski definition) is 2. The number of nitrogens with zero attached hydrogens (tertiary/aromatic N) is 2. The van der Waals surface area contributed by atoms with Crippen molar-refractivity contribution in [2.24, 2.45) is 7.05 Å². The molecule has 0 atom stereocenters. The van der Waals surface area contributed by atoms with Gasteiger partial charge in [0.05, 0.1) is 12.2 Å². The van der Waals surface area contributed by atoms with Crippen LogP contribution in [0.1, 0.15) is 57.8 Å². The van der Waals surface area contributed by atoms with Gasteiger partial charge in [0.1, 0.15) is 22.8 Å². The zero-order chi connectivity index (χ0) is 16.4. The van der Waals surface area contributed by atoms with Crippen LogP contribution in [0.2, 0.25) is 0 Å². The van der Waals surface area contributed by atoms with Gasteiger partial charge in [0.15, 0.2) is 0 Å². The Hall–Kier alpha value is -2.57. The Bertz CT molecular complexity index is 712. The molecule has 118 valence electrons. The Labute approximate surface area is 127 Å². The van der Waals surface area contributed by atoms with E-state index < -0.39 is 5.97 Å². The lowest BCUT2D eigenvalue weighted by Crippen LogP contribution is -2.24. The summed E-state index contributed by atoms with van der Waals surface area (Å²) in [5.74, 6) is -0.382. The normalized spacial score (nSPS) is 11.0. The van der Waals surface area contributed by atoms with Gasteiger partial charge in [0, 0.05) is 7.05 Å². The lowest BCUT2D eigenvalue weighted by atomic mass is 10.1. The maximum absolute atomic E-state index is 12.2. The number of carbonyl (C=O) groups is 2. The minimum absolute atomic E-state index is 0.104. The number of rotatable bonds is 5. The first-order chi connectivity index (χ1) is 10.3. The molecule has 0 radical (unpaired) electrons. The number of carbonyl (C=O) groups excluding carboxylic acids is 1. The number of amides is 1. The van der Waals surface area contributed by atoms with Crippen molar-refractivity contribution in [3.8, 4) is 0 Å². The van der Waals surface area contributed by atoms with Crippen molar-refractivity contribution in [2.75, 3.05) is 0 Å². The Morgan fingerprint density at radius 3 is 2.59 bits per heavy atom. The van der Waals surface area contributed by atoms with Gasteiger partial charge in [-0.15, -0.1) is 0 Å². The molecule has 0 saturated heterocycles. The molecule has 0 fully saturated rings. The number of aromatic carboxylic acids is 1. The molecule has 0 bridgehead atoms. The highest BCUT2D eigenvalue weighted by Crippen LogP contribution is 2.16. The Morgan fingerprint density at radius 2 is 2.09 bits per heavy atom. The first-order valence-corrected chi connectivity index (χ1v) is 6.94. The van der Waals surface area contributed by atoms with E-state index in [1.54, 1.807) is 20.0 Å². The van der Waals surface area contributed by atoms with Crippen molar-refractivity contribution >= 4 is 11.9 Å². The summed E-state index contributed by atoms with van der Waals surface area (Å²) >= 11 is 0. The topological polar surface area (TPSA) is 97.4 Å². The summed E-state index contributed by atoms with van der Waals surface area (Å²) in [6, 6.07) is 3.16. The third-order valence-electron chi connectivity index (χ3n) is 3.35. The fourth-order valence-electron chi connectivity index (χ4n) is 2.09. The molecule has 7 nitrogen and oxygen atoms in total. The Kier molecular flexibility index (Phi) is 4.35. The van der Waals surface area contributed by atoms with E-state index in [0.717, 1.165) is 5.69 Å². The summed E-state index contributed by atoms with van der Waals surface area (Å²) in [4.78, 5) is 23.1. The fourth-order valence-corrected chi connectivity index (χ4v) is 2.09. The molecule has 7 heteroatoms. The van der Waals surface area contributed by atoms with E-state index in [2.05, 4.69) is 10.4 Å². The number of carboxylic acid groups (broad SMARTS) is 1. The number of nitrogens with one attached hydrogen (secondary N) is 1. The van der Waals surface area contributed by atoms with E-state index >= 15 is 0 Å². The van der Waals surface area contributed by atoms with Crippen molar-refractivity contribution in [3.63, 3.8) is 0 Å². The third-order valence-corrected chi connectivity index (χ3v) is 3.35. The fraction of sp³-hybridized carbons (Fsp3) is 0.400. The molecule has 0 aromatic carbocycles. The van der Waals surface area contributed by atoms with Gasteiger partial charge in [-0.25, -0.2) is 4.79 Å². The summed E-state index contributed by atoms with van der Waals surface area (Å²) in [6.45, 7) is 5.70. The standard InChI is InChI=1S/C15H19N3O4/c1-8(2)12-6-13(18(4)17-12)14(19)16-7-10-5-11(15(20)21)9(3)22-10/h5-6,8H,7H2,1-4H3,(H,16,19)(H,20,21). The molecule has 0 aliphatic carbocycles. The van der Waals surface area contributed by atoms with Crippen LogP contribution in [0, 0.1) is 6.92 Å². The number of aromatic nitrogens is 2. The smallest absolute Gasteiger partial charge is 0.339 e. The minimum atomic E-state index is -1.05. The highest BCUT2D eigenvalue weighted by atomic mass is 16.4. The minimum Gasteiger partial charge on any atom is -0.478 e. The van der Waals surface area contributed by atoms with Gasteiger partial charge >= 0.3 is 5.97 Å². The van der Waals surface area contributed by atoms with Crippen LogP contribution in [-0.4, -0.2) is 26.8 Å². The Balaban J connectivity index is 2.07. The largest absolute Gasteiger partial charge is 0.478 e. The number of furan rings is 1. The van der Waals surface area contributed by atoms with Crippen LogP contribution >= 0.6 is 0 Å². The van der Waals surface area contributed by atoms with Gasteiger partial charge < -0.3 is 14.8 Å². The van der Waals surface area contributed by atoms with E-state index in [4.69, 9.17) is 9.52 Å². The molecular weight excluding hydrogens is 286 g/mol. The van der Waals surface area contributed by atoms with Crippen LogP contribution < -0.4 is 5.32 Å². The van der Waals surface area contributed by atoms with Gasteiger partial charge in [-0.1, -0.05) is 13.8 Å². The molecule has 22 heavy (non-hydrogen) atoms. The van der Waals surface area contributed by atoms with Crippen LogP contribution in [0.3, 0.4) is 0 Å². The summed E-state index contributed by atoms with van der Waals surface area (Å²) < 4.78 is 6.85. The molecule has 1 amide bonds. The monoisotopic (exact) mass is 305 g/mol. The van der Waals surface area contributed by atoms with Crippen molar-refractivity contribution in [1.82, 2.24) is 15.1 Å². The molecule has 0 aliphatic rings. The van der Waals surface area contributed by atoms with E-state index in [9.17, 15) is 9.59 Å². The van der Waals surface area contributed by atoms with Crippen LogP contribution in [0.25, 0.3) is 0 Å². The van der Waals surface area contributed by atoms with E-state index in [1.165, 1.54) is 10.7 Å². The highest BCUT2D eigenvalue weighted by molar-refractivity contribution is 5.92. The number of aryl methyl sites for hydroxylation is 2. The van der Waals surface area contributed by atoms with Crippen LogP contribution in [0.15, 0.2) is 16.5 Å². The Morgan fingerprint density at radius 1 is 1.41 bits per heavy atom. The van der Waals surface area contributed by atoms with Gasteiger partial charge in [0.25, 0.3) is 5.91 Å². The second-order valence-corrected chi connectivity index (χ2v) is 5.40. The van der Waals surface area contributed by atoms with Crippen molar-refractivity contribution in [1.29, 1.82) is 0 Å². The third kappa shape index (κ3) is 3.19. The van der Waals surface area contributed by atoms with Crippen LogP contribution in [0.4, 0.5) is 0 Å². The van der Waals surface area contributed by atoms with E-state index in [0.29, 0.717) is 17.2 Å². The molecule has 0 unspecified atom stereocenters. The van der Waals surface area contributed by atoms with Crippen molar-refractivity contribution in [2.45, 2.75) is 33.2 Å². The molecular formula is C15H19N3O4. The first kappa shape index (κ1) is 15.8. The summed E-state index contributed by atoms with van der Waals surface area (Å²) in [7, 11) is 1.71. The quantitative estimate of drug-likeness (QED) is 0.881. The average molecular weight is 305 g/mol. The molecule has 2 rings (SSSR count). The number of carboxylic acids is 1. The van der Waals surface area contributed by atoms with Gasteiger partial charge in [-0.05, 0) is 25.0 Å². The lowest BCUT2D eigenvalue weighted by Gasteiger charge is -2.03. The van der Waals surface area contributed by atoms with Gasteiger partial charge in [0.2, 0.25) is 0 Å². The van der Waals surface area contributed by atoms with Gasteiger partial charge in [-0.2, -0.15) is 5.10 Å². The van der Waals surface area contributed by atoms with Crippen molar-refractivity contribution < 1.29 is 19.1 Å². The predicted octanol–water partition coefficient (Wildman–Crippen LogP) is 2.07. The summed E-state index contributed by atoms with van der Waals surface area (Å²) in [5.41, 5.74) is 1.40. The molecule has 2 N–H and O–H groups in total. The van der Waals surface area contributed by atoms with E-state index in [1.807, 2.05) is 13.8 Å². The molecule has 0 aliphatic heterocycles. The molecule has 0 spiro atoms. The highest BCUT2D eigenvalue weighted by Gasteiger charge is 2.17. The zero-order valence-electron chi connectivity index (χ0n) is 13.0. The molecule has 2 aromatic rings. The second-order valence-electron chi connectivity index (χ2n) is 5.40. The number of hydrogen-bond acceptors (Lipinski definition) is 4. The van der Waals surface area contributed by atoms with Crippen LogP contribution in [-0.2, 0) is 13.6 Å². The van der Waals surface area contributed by atoms with Crippen molar-refractivity contribution in [3.05, 3.63) is 40.6 Å². The predicted molar refractivity (Wildman–Crippen MR) is 78.9 cm³/mol. The first-order valence-electron chi connectivity index (χ1n) is 6.94. The SMILES string of the molecule is Cc1oc(CNC(=O)c2cc(C(C)C)nn2C)cc1C(=O)O. The van der Waals surface area contributed by atoms with Gasteiger partial charge in [-0.3, -0.25) is 9.48 Å². The summed E-state index contributed by atoms with van der Waals surface area (Å²) in [5, 5.41) is 16.0. The molecule has 2 heterocycles. The zero-order valence-corrected chi connectivity index (χ0v) is 13.0. The van der Waals surface area contributed by atoms with Crippen LogP contribution in [0.5, 0.6) is 0 Å².